The summed E-state index contributed by atoms with van der Waals surface area (Å²) in [5, 5.41) is 2.95. The molecule has 0 heterocycles. The van der Waals surface area contributed by atoms with Gasteiger partial charge in [-0.3, -0.25) is 4.79 Å². The van der Waals surface area contributed by atoms with E-state index in [4.69, 9.17) is 0 Å². The summed E-state index contributed by atoms with van der Waals surface area (Å²) >= 11 is 0. The Bertz CT molecular complexity index is 366. The highest BCUT2D eigenvalue weighted by Gasteiger charge is 2.24. The zero-order valence-electron chi connectivity index (χ0n) is 9.86. The van der Waals surface area contributed by atoms with Gasteiger partial charge in [0.15, 0.2) is 0 Å². The van der Waals surface area contributed by atoms with Crippen LogP contribution in [0.1, 0.15) is 19.3 Å². The summed E-state index contributed by atoms with van der Waals surface area (Å²) in [5.74, 6) is 0.414. The third kappa shape index (κ3) is 2.35. The topological polar surface area (TPSA) is 32.3 Å². The summed E-state index contributed by atoms with van der Waals surface area (Å²) in [5.41, 5.74) is 2.03. The Kier molecular flexibility index (Phi) is 3.13. The molecule has 0 spiro atoms. The normalized spacial score (nSPS) is 15.4. The van der Waals surface area contributed by atoms with E-state index in [1.807, 2.05) is 43.3 Å². The van der Waals surface area contributed by atoms with E-state index in [9.17, 15) is 4.79 Å². The van der Waals surface area contributed by atoms with Crippen molar-refractivity contribution in [2.45, 2.75) is 19.3 Å². The molecule has 0 aliphatic heterocycles. The maximum Gasteiger partial charge on any atom is 0.227 e. The molecule has 0 saturated heterocycles. The number of amides is 1. The number of nitrogens with one attached hydrogen (secondary N) is 1. The Morgan fingerprint density at radius 1 is 1.25 bits per heavy atom. The second-order valence-electron chi connectivity index (χ2n) is 4.56. The highest BCUT2D eigenvalue weighted by molar-refractivity contribution is 5.93. The Balaban J connectivity index is 1.96. The van der Waals surface area contributed by atoms with Gasteiger partial charge in [-0.05, 0) is 37.1 Å². The van der Waals surface area contributed by atoms with Crippen molar-refractivity contribution in [3.8, 4) is 0 Å². The minimum absolute atomic E-state index is 0.170. The lowest BCUT2D eigenvalue weighted by Crippen LogP contribution is -2.28. The number of nitrogens with zero attached hydrogens (tertiary/aromatic N) is 1. The molecule has 0 unspecified atom stereocenters. The molecule has 0 radical (unpaired) electrons. The quantitative estimate of drug-likeness (QED) is 0.845. The summed E-state index contributed by atoms with van der Waals surface area (Å²) in [6.07, 6.45) is 3.28. The molecule has 1 amide bonds. The zero-order chi connectivity index (χ0) is 11.5. The standard InChI is InChI=1S/C13H18N2O/c1-15(2)12-8-6-11(7-9-12)14-13(16)10-4-3-5-10/h6-10H,3-5H2,1-2H3,(H,14,16). The molecule has 16 heavy (non-hydrogen) atoms. The van der Waals surface area contributed by atoms with Gasteiger partial charge in [0.2, 0.25) is 5.91 Å². The number of anilines is 2. The molecule has 86 valence electrons. The van der Waals surface area contributed by atoms with Gasteiger partial charge in [0.25, 0.3) is 0 Å². The van der Waals surface area contributed by atoms with Crippen LogP contribution in [0.2, 0.25) is 0 Å². The van der Waals surface area contributed by atoms with E-state index in [1.165, 1.54) is 6.42 Å². The van der Waals surface area contributed by atoms with Crippen LogP contribution in [-0.4, -0.2) is 20.0 Å². The Labute approximate surface area is 96.5 Å². The van der Waals surface area contributed by atoms with Gasteiger partial charge < -0.3 is 10.2 Å². The van der Waals surface area contributed by atoms with Crippen LogP contribution in [0.25, 0.3) is 0 Å². The molecule has 0 atom stereocenters. The van der Waals surface area contributed by atoms with Crippen LogP contribution in [0, 0.1) is 5.92 Å². The molecular weight excluding hydrogens is 200 g/mol. The van der Waals surface area contributed by atoms with Gasteiger partial charge >= 0.3 is 0 Å². The lowest BCUT2D eigenvalue weighted by atomic mass is 9.85. The predicted molar refractivity (Wildman–Crippen MR) is 66.7 cm³/mol. The van der Waals surface area contributed by atoms with Gasteiger partial charge in [-0.1, -0.05) is 6.42 Å². The van der Waals surface area contributed by atoms with Gasteiger partial charge in [-0.2, -0.15) is 0 Å². The molecule has 2 rings (SSSR count). The molecule has 3 heteroatoms. The first-order chi connectivity index (χ1) is 7.66. The van der Waals surface area contributed by atoms with Crippen molar-refractivity contribution in [1.82, 2.24) is 0 Å². The lowest BCUT2D eigenvalue weighted by Gasteiger charge is -2.24. The van der Waals surface area contributed by atoms with E-state index in [0.29, 0.717) is 0 Å². The Morgan fingerprint density at radius 3 is 2.31 bits per heavy atom. The highest BCUT2D eigenvalue weighted by atomic mass is 16.1. The number of rotatable bonds is 3. The van der Waals surface area contributed by atoms with Crippen molar-refractivity contribution in [3.63, 3.8) is 0 Å². The van der Waals surface area contributed by atoms with E-state index < -0.39 is 0 Å². The van der Waals surface area contributed by atoms with Gasteiger partial charge in [-0.15, -0.1) is 0 Å². The first kappa shape index (κ1) is 11.0. The molecule has 1 fully saturated rings. The van der Waals surface area contributed by atoms with Crippen LogP contribution in [0.5, 0.6) is 0 Å². The average Bonchev–Trinajstić information content (AvgIpc) is 2.15. The van der Waals surface area contributed by atoms with Crippen molar-refractivity contribution >= 4 is 17.3 Å². The minimum atomic E-state index is 0.170. The second kappa shape index (κ2) is 4.56. The first-order valence-corrected chi connectivity index (χ1v) is 5.75. The van der Waals surface area contributed by atoms with Crippen molar-refractivity contribution in [2.75, 3.05) is 24.3 Å². The van der Waals surface area contributed by atoms with Crippen molar-refractivity contribution in [1.29, 1.82) is 0 Å². The monoisotopic (exact) mass is 218 g/mol. The van der Waals surface area contributed by atoms with Crippen molar-refractivity contribution in [3.05, 3.63) is 24.3 Å². The predicted octanol–water partition coefficient (Wildman–Crippen LogP) is 2.49. The summed E-state index contributed by atoms with van der Waals surface area (Å²) in [6.45, 7) is 0. The van der Waals surface area contributed by atoms with Crippen LogP contribution >= 0.6 is 0 Å². The largest absolute Gasteiger partial charge is 0.378 e. The minimum Gasteiger partial charge on any atom is -0.378 e. The third-order valence-electron chi connectivity index (χ3n) is 3.13. The van der Waals surface area contributed by atoms with Crippen molar-refractivity contribution in [2.24, 2.45) is 5.92 Å². The summed E-state index contributed by atoms with van der Waals surface area (Å²) < 4.78 is 0. The SMILES string of the molecule is CN(C)c1ccc(NC(=O)C2CCC2)cc1. The van der Waals surface area contributed by atoms with Gasteiger partial charge in [0, 0.05) is 31.4 Å². The van der Waals surface area contributed by atoms with Gasteiger partial charge in [0.1, 0.15) is 0 Å². The number of benzene rings is 1. The molecule has 0 aromatic heterocycles. The lowest BCUT2D eigenvalue weighted by molar-refractivity contribution is -0.122. The molecule has 3 nitrogen and oxygen atoms in total. The van der Waals surface area contributed by atoms with Crippen LogP contribution < -0.4 is 10.2 Å². The molecule has 0 bridgehead atoms. The molecule has 1 N–H and O–H groups in total. The molecular formula is C13H18N2O. The fraction of sp³-hybridized carbons (Fsp3) is 0.462. The van der Waals surface area contributed by atoms with E-state index in [2.05, 4.69) is 5.32 Å². The maximum absolute atomic E-state index is 11.7. The Morgan fingerprint density at radius 2 is 1.88 bits per heavy atom. The fourth-order valence-electron chi connectivity index (χ4n) is 1.76. The summed E-state index contributed by atoms with van der Waals surface area (Å²) in [4.78, 5) is 13.7. The second-order valence-corrected chi connectivity index (χ2v) is 4.56. The fourth-order valence-corrected chi connectivity index (χ4v) is 1.76. The van der Waals surface area contributed by atoms with Crippen LogP contribution in [0.4, 0.5) is 11.4 Å². The van der Waals surface area contributed by atoms with E-state index >= 15 is 0 Å². The van der Waals surface area contributed by atoms with Gasteiger partial charge in [0.05, 0.1) is 0 Å². The van der Waals surface area contributed by atoms with E-state index in [0.717, 1.165) is 24.2 Å². The summed E-state index contributed by atoms with van der Waals surface area (Å²) in [6, 6.07) is 7.92. The molecule has 1 saturated carbocycles. The zero-order valence-corrected chi connectivity index (χ0v) is 9.86. The smallest absolute Gasteiger partial charge is 0.227 e. The highest BCUT2D eigenvalue weighted by Crippen LogP contribution is 2.27. The first-order valence-electron chi connectivity index (χ1n) is 5.75. The molecule has 1 aliphatic rings. The van der Waals surface area contributed by atoms with E-state index in [1.54, 1.807) is 0 Å². The number of hydrogen-bond acceptors (Lipinski definition) is 2. The molecule has 1 aromatic carbocycles. The number of carbonyl (C=O) groups is 1. The number of carbonyl (C=O) groups excluding carboxylic acids is 1. The summed E-state index contributed by atoms with van der Waals surface area (Å²) in [7, 11) is 4.00. The third-order valence-corrected chi connectivity index (χ3v) is 3.13. The average molecular weight is 218 g/mol. The molecule has 1 aromatic rings. The maximum atomic E-state index is 11.7. The van der Waals surface area contributed by atoms with Crippen LogP contribution in [0.15, 0.2) is 24.3 Å². The Hall–Kier alpha value is -1.51. The van der Waals surface area contributed by atoms with Crippen molar-refractivity contribution < 1.29 is 4.79 Å². The van der Waals surface area contributed by atoms with Gasteiger partial charge in [-0.25, -0.2) is 0 Å². The van der Waals surface area contributed by atoms with Crippen LogP contribution in [-0.2, 0) is 4.79 Å². The number of hydrogen-bond donors (Lipinski definition) is 1. The van der Waals surface area contributed by atoms with Crippen LogP contribution in [0.3, 0.4) is 0 Å². The molecule has 1 aliphatic carbocycles. The van der Waals surface area contributed by atoms with E-state index in [-0.39, 0.29) is 11.8 Å².